The number of anilines is 1. The number of non-ortho nitro benzene ring substituents is 1. The third-order valence-corrected chi connectivity index (χ3v) is 8.63. The van der Waals surface area contributed by atoms with Crippen LogP contribution in [-0.2, 0) is 5.75 Å². The Morgan fingerprint density at radius 3 is 2.24 bits per heavy atom. The number of carbonyl (C=O) groups excluding carboxylic acids is 1. The third kappa shape index (κ3) is 6.50. The lowest BCUT2D eigenvalue weighted by molar-refractivity contribution is -0.384. The normalized spacial score (nSPS) is 13.1. The summed E-state index contributed by atoms with van der Waals surface area (Å²) in [6, 6.07) is 27.9. The predicted molar refractivity (Wildman–Crippen MR) is 171 cm³/mol. The molecule has 0 radical (unpaired) electrons. The number of nitro benzene ring substituents is 1. The van der Waals surface area contributed by atoms with Crippen LogP contribution in [0.5, 0.6) is 5.75 Å². The first-order valence-electron chi connectivity index (χ1n) is 14.3. The van der Waals surface area contributed by atoms with Crippen LogP contribution in [0.25, 0.3) is 17.1 Å². The van der Waals surface area contributed by atoms with Gasteiger partial charge in [-0.15, -0.1) is 10.2 Å². The number of hydrogen-bond acceptors (Lipinski definition) is 8. The Balaban J connectivity index is 1.15. The van der Waals surface area contributed by atoms with Gasteiger partial charge in [0, 0.05) is 60.9 Å². The van der Waals surface area contributed by atoms with E-state index in [1.807, 2.05) is 64.1 Å². The summed E-state index contributed by atoms with van der Waals surface area (Å²) in [5.41, 5.74) is 3.66. The molecule has 0 atom stereocenters. The number of aromatic nitrogens is 3. The number of hydrogen-bond donors (Lipinski definition) is 0. The van der Waals surface area contributed by atoms with Gasteiger partial charge < -0.3 is 14.5 Å². The minimum Gasteiger partial charge on any atom is -0.497 e. The molecule has 228 valence electrons. The Hall–Kier alpha value is -5.23. The highest BCUT2D eigenvalue weighted by molar-refractivity contribution is 7.98. The second kappa shape index (κ2) is 13.2. The number of ether oxygens (including phenoxy) is 1. The van der Waals surface area contributed by atoms with Crippen molar-refractivity contribution < 1.29 is 18.8 Å². The lowest BCUT2D eigenvalue weighted by Crippen LogP contribution is -2.49. The fraction of sp³-hybridized carbons (Fsp3) is 0.182. The van der Waals surface area contributed by atoms with Crippen LogP contribution in [0.1, 0.15) is 15.9 Å². The first kappa shape index (κ1) is 29.8. The second-order valence-corrected chi connectivity index (χ2v) is 11.3. The molecule has 10 nitrogen and oxygen atoms in total. The molecule has 1 fully saturated rings. The van der Waals surface area contributed by atoms with Gasteiger partial charge >= 0.3 is 0 Å². The fourth-order valence-electron chi connectivity index (χ4n) is 5.18. The molecule has 12 heteroatoms. The van der Waals surface area contributed by atoms with E-state index in [0.29, 0.717) is 65.5 Å². The van der Waals surface area contributed by atoms with E-state index in [-0.39, 0.29) is 17.4 Å². The Labute approximate surface area is 263 Å². The van der Waals surface area contributed by atoms with Gasteiger partial charge in [0.15, 0.2) is 11.0 Å². The SMILES string of the molecule is COc1ccc(-n2c(SCc3ccc(C(=O)N4CCN(c5ccccc5F)CC4)cc3)nnc2-c2ccc([N+](=O)[O-])cc2)cc1. The van der Waals surface area contributed by atoms with Crippen molar-refractivity contribution in [1.29, 1.82) is 0 Å². The Kier molecular flexibility index (Phi) is 8.74. The lowest BCUT2D eigenvalue weighted by atomic mass is 10.1. The molecule has 1 aromatic heterocycles. The van der Waals surface area contributed by atoms with Gasteiger partial charge in [0.05, 0.1) is 17.7 Å². The topological polar surface area (TPSA) is 107 Å². The lowest BCUT2D eigenvalue weighted by Gasteiger charge is -2.36. The molecule has 1 aliphatic heterocycles. The van der Waals surface area contributed by atoms with Gasteiger partial charge in [0.25, 0.3) is 11.6 Å². The first-order chi connectivity index (χ1) is 21.9. The van der Waals surface area contributed by atoms with Crippen LogP contribution in [0.3, 0.4) is 0 Å². The summed E-state index contributed by atoms with van der Waals surface area (Å²) >= 11 is 1.49. The summed E-state index contributed by atoms with van der Waals surface area (Å²) in [6.45, 7) is 2.17. The van der Waals surface area contributed by atoms with E-state index in [4.69, 9.17) is 4.74 Å². The summed E-state index contributed by atoms with van der Waals surface area (Å²) in [7, 11) is 1.60. The molecule has 0 bridgehead atoms. The zero-order valence-corrected chi connectivity index (χ0v) is 25.2. The van der Waals surface area contributed by atoms with E-state index in [1.54, 1.807) is 36.3 Å². The Bertz CT molecular complexity index is 1800. The summed E-state index contributed by atoms with van der Waals surface area (Å²) < 4.78 is 21.4. The van der Waals surface area contributed by atoms with Crippen LogP contribution in [0.2, 0.25) is 0 Å². The molecule has 6 rings (SSSR count). The number of para-hydroxylation sites is 1. The number of benzene rings is 4. The van der Waals surface area contributed by atoms with Crippen molar-refractivity contribution in [3.05, 3.63) is 124 Å². The van der Waals surface area contributed by atoms with Gasteiger partial charge in [-0.2, -0.15) is 0 Å². The van der Waals surface area contributed by atoms with Gasteiger partial charge in [-0.1, -0.05) is 36.0 Å². The van der Waals surface area contributed by atoms with Crippen molar-refractivity contribution in [2.75, 3.05) is 38.2 Å². The highest BCUT2D eigenvalue weighted by Gasteiger charge is 2.24. The highest BCUT2D eigenvalue weighted by Crippen LogP contribution is 2.31. The number of nitro groups is 1. The molecule has 0 aliphatic carbocycles. The largest absolute Gasteiger partial charge is 0.497 e. The van der Waals surface area contributed by atoms with Crippen LogP contribution >= 0.6 is 11.8 Å². The Morgan fingerprint density at radius 1 is 0.911 bits per heavy atom. The maximum absolute atomic E-state index is 14.2. The molecular formula is C33H29FN6O4S. The number of rotatable bonds is 9. The van der Waals surface area contributed by atoms with Crippen molar-refractivity contribution in [1.82, 2.24) is 19.7 Å². The van der Waals surface area contributed by atoms with E-state index in [9.17, 15) is 19.3 Å². The molecule has 0 spiro atoms. The van der Waals surface area contributed by atoms with Gasteiger partial charge in [0.2, 0.25) is 0 Å². The van der Waals surface area contributed by atoms with E-state index in [0.717, 1.165) is 11.3 Å². The average Bonchev–Trinajstić information content (AvgIpc) is 3.51. The zero-order chi connectivity index (χ0) is 31.3. The van der Waals surface area contributed by atoms with Crippen LogP contribution in [0, 0.1) is 15.9 Å². The number of methoxy groups -OCH3 is 1. The number of nitrogens with zero attached hydrogens (tertiary/aromatic N) is 6. The van der Waals surface area contributed by atoms with E-state index < -0.39 is 4.92 Å². The third-order valence-electron chi connectivity index (χ3n) is 7.63. The standard InChI is InChI=1S/C33H29FN6O4S/c1-44-28-16-14-26(15-17-28)39-31(24-10-12-27(13-11-24)40(42)43)35-36-33(39)45-22-23-6-8-25(9-7-23)32(41)38-20-18-37(19-21-38)30-5-3-2-4-29(30)34/h2-17H,18-22H2,1H3. The number of piperazine rings is 1. The van der Waals surface area contributed by atoms with Crippen molar-refractivity contribution in [2.24, 2.45) is 0 Å². The van der Waals surface area contributed by atoms with Crippen molar-refractivity contribution in [3.63, 3.8) is 0 Å². The summed E-state index contributed by atoms with van der Waals surface area (Å²) in [6.07, 6.45) is 0. The smallest absolute Gasteiger partial charge is 0.269 e. The van der Waals surface area contributed by atoms with Gasteiger partial charge in [0.1, 0.15) is 11.6 Å². The maximum Gasteiger partial charge on any atom is 0.269 e. The molecule has 0 unspecified atom stereocenters. The van der Waals surface area contributed by atoms with Crippen molar-refractivity contribution >= 4 is 29.0 Å². The summed E-state index contributed by atoms with van der Waals surface area (Å²) in [5, 5.41) is 20.7. The number of halogens is 1. The predicted octanol–water partition coefficient (Wildman–Crippen LogP) is 6.24. The van der Waals surface area contributed by atoms with Gasteiger partial charge in [-0.05, 0) is 66.2 Å². The van der Waals surface area contributed by atoms with Crippen LogP contribution < -0.4 is 9.64 Å². The monoisotopic (exact) mass is 624 g/mol. The number of amides is 1. The second-order valence-electron chi connectivity index (χ2n) is 10.4. The molecule has 0 N–H and O–H groups in total. The average molecular weight is 625 g/mol. The van der Waals surface area contributed by atoms with E-state index >= 15 is 0 Å². The number of thioether (sulfide) groups is 1. The fourth-order valence-corrected chi connectivity index (χ4v) is 6.09. The molecule has 1 aliphatic rings. The molecule has 1 saturated heterocycles. The summed E-state index contributed by atoms with van der Waals surface area (Å²) in [5.74, 6) is 1.53. The minimum absolute atomic E-state index is 0.00405. The molecular weight excluding hydrogens is 595 g/mol. The summed E-state index contributed by atoms with van der Waals surface area (Å²) in [4.78, 5) is 27.7. The van der Waals surface area contributed by atoms with Gasteiger partial charge in [-0.25, -0.2) is 4.39 Å². The molecule has 5 aromatic rings. The molecule has 1 amide bonds. The highest BCUT2D eigenvalue weighted by atomic mass is 32.2. The quantitative estimate of drug-likeness (QED) is 0.108. The first-order valence-corrected chi connectivity index (χ1v) is 15.2. The van der Waals surface area contributed by atoms with Crippen LogP contribution in [0.4, 0.5) is 15.8 Å². The zero-order valence-electron chi connectivity index (χ0n) is 24.4. The molecule has 45 heavy (non-hydrogen) atoms. The maximum atomic E-state index is 14.2. The van der Waals surface area contributed by atoms with Crippen molar-refractivity contribution in [2.45, 2.75) is 10.9 Å². The van der Waals surface area contributed by atoms with E-state index in [1.165, 1.54) is 30.0 Å². The van der Waals surface area contributed by atoms with Crippen LogP contribution in [-0.4, -0.2) is 63.8 Å². The molecule has 4 aromatic carbocycles. The van der Waals surface area contributed by atoms with Crippen LogP contribution in [0.15, 0.2) is 102 Å². The van der Waals surface area contributed by atoms with Crippen molar-refractivity contribution in [3.8, 4) is 22.8 Å². The molecule has 0 saturated carbocycles. The van der Waals surface area contributed by atoms with E-state index in [2.05, 4.69) is 10.2 Å². The Morgan fingerprint density at radius 2 is 1.60 bits per heavy atom. The number of carbonyl (C=O) groups is 1. The molecule has 2 heterocycles. The minimum atomic E-state index is -0.438. The van der Waals surface area contributed by atoms with Gasteiger partial charge in [-0.3, -0.25) is 19.5 Å².